The Labute approximate surface area is 290 Å². The molecule has 1 aromatic heterocycles. The first kappa shape index (κ1) is 37.1. The van der Waals surface area contributed by atoms with E-state index in [2.05, 4.69) is 48.3 Å². The summed E-state index contributed by atoms with van der Waals surface area (Å²) in [6, 6.07) is 0.416. The first-order chi connectivity index (χ1) is 22.8. The zero-order valence-corrected chi connectivity index (χ0v) is 30.3. The summed E-state index contributed by atoms with van der Waals surface area (Å²) in [7, 11) is 0. The van der Waals surface area contributed by atoms with Crippen molar-refractivity contribution in [3.8, 4) is 6.01 Å². The van der Waals surface area contributed by atoms with Gasteiger partial charge in [0.1, 0.15) is 5.82 Å². The minimum atomic E-state index is -0.0314. The summed E-state index contributed by atoms with van der Waals surface area (Å²) < 4.78 is 6.25. The summed E-state index contributed by atoms with van der Waals surface area (Å²) >= 11 is 3.69. The second kappa shape index (κ2) is 18.7. The number of amides is 1. The minimum absolute atomic E-state index is 0.0309. The van der Waals surface area contributed by atoms with Crippen molar-refractivity contribution in [1.82, 2.24) is 24.7 Å². The Morgan fingerprint density at radius 2 is 1.83 bits per heavy atom. The Morgan fingerprint density at radius 3 is 2.47 bits per heavy atom. The number of aliphatic hydroxyl groups excluding tert-OH is 1. The van der Waals surface area contributed by atoms with Gasteiger partial charge in [-0.15, -0.1) is 0 Å². The summed E-state index contributed by atoms with van der Waals surface area (Å²) in [4.78, 5) is 33.4. The molecule has 47 heavy (non-hydrogen) atoms. The smallest absolute Gasteiger partial charge is 0.318 e. The molecule has 0 saturated carbocycles. The predicted octanol–water partition coefficient (Wildman–Crippen LogP) is 5.51. The number of rotatable bonds is 16. The van der Waals surface area contributed by atoms with E-state index in [0.717, 1.165) is 84.4 Å². The van der Waals surface area contributed by atoms with Gasteiger partial charge in [0.15, 0.2) is 0 Å². The van der Waals surface area contributed by atoms with E-state index >= 15 is 0 Å². The highest BCUT2D eigenvalue weighted by molar-refractivity contribution is 8.06. The molecule has 9 nitrogen and oxygen atoms in total. The fourth-order valence-corrected chi connectivity index (χ4v) is 8.14. The van der Waals surface area contributed by atoms with Crippen molar-refractivity contribution < 1.29 is 14.6 Å². The van der Waals surface area contributed by atoms with Crippen molar-refractivity contribution in [3.05, 3.63) is 70.3 Å². The molecular formula is C36H54N6O3S2. The molecule has 3 aliphatic rings. The van der Waals surface area contributed by atoms with Gasteiger partial charge in [-0.3, -0.25) is 4.79 Å². The topological polar surface area (TPSA) is 85.3 Å². The van der Waals surface area contributed by atoms with Crippen LogP contribution in [0.2, 0.25) is 0 Å². The number of anilines is 1. The van der Waals surface area contributed by atoms with Gasteiger partial charge in [-0.25, -0.2) is 0 Å². The fourth-order valence-electron chi connectivity index (χ4n) is 6.29. The number of fused-ring (bicyclic) bond motifs is 1. The van der Waals surface area contributed by atoms with Crippen LogP contribution in [0.1, 0.15) is 51.3 Å². The molecule has 2 saturated heterocycles. The van der Waals surface area contributed by atoms with Crippen molar-refractivity contribution in [2.75, 3.05) is 82.0 Å². The molecule has 0 radical (unpaired) electrons. The van der Waals surface area contributed by atoms with Gasteiger partial charge in [0.05, 0.1) is 25.5 Å². The van der Waals surface area contributed by atoms with E-state index in [4.69, 9.17) is 14.7 Å². The summed E-state index contributed by atoms with van der Waals surface area (Å²) in [6.07, 6.45) is 8.72. The molecule has 1 unspecified atom stereocenters. The van der Waals surface area contributed by atoms with Crippen LogP contribution in [0.25, 0.3) is 0 Å². The molecule has 1 amide bonds. The third-order valence-corrected chi connectivity index (χ3v) is 11.1. The molecule has 2 fully saturated rings. The summed E-state index contributed by atoms with van der Waals surface area (Å²) in [5.74, 6) is 3.64. The number of thioether (sulfide) groups is 2. The van der Waals surface area contributed by atoms with Crippen LogP contribution in [-0.2, 0) is 17.8 Å². The zero-order valence-electron chi connectivity index (χ0n) is 28.7. The molecule has 1 aromatic rings. The molecule has 0 bridgehead atoms. The van der Waals surface area contributed by atoms with Gasteiger partial charge >= 0.3 is 6.01 Å². The third kappa shape index (κ3) is 10.4. The Kier molecular flexibility index (Phi) is 14.8. The number of piperazine rings is 1. The maximum absolute atomic E-state index is 12.3. The Morgan fingerprint density at radius 1 is 1.09 bits per heavy atom. The molecule has 1 atom stereocenters. The van der Waals surface area contributed by atoms with Crippen molar-refractivity contribution >= 4 is 35.2 Å². The SMILES string of the molecule is C=CC(=O)N1CCN(c2nc(OCCCN3CCSCC3)nc3c2CCN(/C(=C/CO)C/C(=C(\C=C)SC(=C)C)C(C)CC)C3)CC1. The van der Waals surface area contributed by atoms with Gasteiger partial charge in [0, 0.05) is 86.5 Å². The van der Waals surface area contributed by atoms with Crippen molar-refractivity contribution in [1.29, 1.82) is 0 Å². The maximum atomic E-state index is 12.3. The van der Waals surface area contributed by atoms with Gasteiger partial charge in [0.2, 0.25) is 5.91 Å². The minimum Gasteiger partial charge on any atom is -0.463 e. The summed E-state index contributed by atoms with van der Waals surface area (Å²) in [5, 5.41) is 10.1. The van der Waals surface area contributed by atoms with Crippen molar-refractivity contribution in [2.45, 2.75) is 53.0 Å². The molecule has 0 spiro atoms. The average Bonchev–Trinajstić information content (AvgIpc) is 3.10. The predicted molar refractivity (Wildman–Crippen MR) is 198 cm³/mol. The van der Waals surface area contributed by atoms with Crippen molar-refractivity contribution in [3.63, 3.8) is 0 Å². The Hall–Kier alpha value is -2.73. The first-order valence-corrected chi connectivity index (χ1v) is 19.0. The highest BCUT2D eigenvalue weighted by Gasteiger charge is 2.29. The Bertz CT molecular complexity index is 1320. The highest BCUT2D eigenvalue weighted by Crippen LogP contribution is 2.37. The van der Waals surface area contributed by atoms with Gasteiger partial charge in [0.25, 0.3) is 0 Å². The van der Waals surface area contributed by atoms with E-state index in [1.807, 2.05) is 35.7 Å². The molecule has 4 heterocycles. The van der Waals surface area contributed by atoms with Gasteiger partial charge in [-0.1, -0.05) is 51.4 Å². The molecule has 258 valence electrons. The van der Waals surface area contributed by atoms with Crippen LogP contribution in [0.15, 0.2) is 59.0 Å². The number of nitrogens with zero attached hydrogens (tertiary/aromatic N) is 6. The van der Waals surface area contributed by atoms with Crippen molar-refractivity contribution in [2.24, 2.45) is 5.92 Å². The lowest BCUT2D eigenvalue weighted by atomic mass is 9.92. The number of aliphatic hydroxyl groups is 1. The zero-order chi connectivity index (χ0) is 33.8. The van der Waals surface area contributed by atoms with Crippen LogP contribution in [0.3, 0.4) is 0 Å². The molecule has 0 aliphatic carbocycles. The highest BCUT2D eigenvalue weighted by atomic mass is 32.2. The van der Waals surface area contributed by atoms with Gasteiger partial charge in [-0.05, 0) is 54.7 Å². The van der Waals surface area contributed by atoms with E-state index in [-0.39, 0.29) is 12.5 Å². The molecule has 3 aliphatic heterocycles. The molecule has 1 N–H and O–H groups in total. The number of aromatic nitrogens is 2. The number of hydrogen-bond acceptors (Lipinski definition) is 10. The largest absolute Gasteiger partial charge is 0.463 e. The lowest BCUT2D eigenvalue weighted by molar-refractivity contribution is -0.126. The number of carbonyl (C=O) groups is 1. The van der Waals surface area contributed by atoms with Gasteiger partial charge < -0.3 is 29.4 Å². The standard InChI is InChI=1S/C36H54N6O3S2/c1-7-28(6)31(33(8-2)47-27(4)5)25-29(12-21-43)42-14-11-30-32(26-42)37-36(45-22-10-13-39-19-23-46-24-20-39)38-35(30)41-17-15-40(16-18-41)34(44)9-3/h8-9,12,28,43H,2-4,7,10-11,13-26H2,1,5-6H3/b29-12+,33-31-. The molecular weight excluding hydrogens is 629 g/mol. The normalized spacial score (nSPS) is 18.7. The lowest BCUT2D eigenvalue weighted by Crippen LogP contribution is -2.49. The van der Waals surface area contributed by atoms with Crippen LogP contribution >= 0.6 is 23.5 Å². The maximum Gasteiger partial charge on any atom is 0.318 e. The second-order valence-electron chi connectivity index (χ2n) is 12.4. The second-order valence-corrected chi connectivity index (χ2v) is 14.9. The lowest BCUT2D eigenvalue weighted by Gasteiger charge is -2.38. The number of hydrogen-bond donors (Lipinski definition) is 1. The average molecular weight is 683 g/mol. The van der Waals surface area contributed by atoms with Crippen LogP contribution in [0.5, 0.6) is 6.01 Å². The molecule has 4 rings (SSSR count). The van der Waals surface area contributed by atoms with E-state index in [0.29, 0.717) is 51.3 Å². The van der Waals surface area contributed by atoms with E-state index in [1.165, 1.54) is 23.2 Å². The summed E-state index contributed by atoms with van der Waals surface area (Å²) in [6.45, 7) is 26.3. The van der Waals surface area contributed by atoms with Gasteiger partial charge in [-0.2, -0.15) is 21.7 Å². The number of carbonyl (C=O) groups excluding carboxylic acids is 1. The third-order valence-electron chi connectivity index (χ3n) is 9.14. The fraction of sp³-hybridized carbons (Fsp3) is 0.583. The summed E-state index contributed by atoms with van der Waals surface area (Å²) in [5.41, 5.74) is 4.52. The van der Waals surface area contributed by atoms with Crippen LogP contribution in [0, 0.1) is 5.92 Å². The quantitative estimate of drug-likeness (QED) is 0.137. The first-order valence-electron chi connectivity index (χ1n) is 17.0. The number of allylic oxidation sites excluding steroid dienone is 3. The van der Waals surface area contributed by atoms with E-state index in [1.54, 1.807) is 11.8 Å². The van der Waals surface area contributed by atoms with E-state index in [9.17, 15) is 9.90 Å². The monoisotopic (exact) mass is 682 g/mol. The van der Waals surface area contributed by atoms with Crippen LogP contribution < -0.4 is 9.64 Å². The molecule has 0 aromatic carbocycles. The van der Waals surface area contributed by atoms with Crippen LogP contribution in [0.4, 0.5) is 5.82 Å². The Balaban J connectivity index is 1.58. The molecule has 11 heteroatoms. The van der Waals surface area contributed by atoms with Crippen LogP contribution in [-0.4, -0.2) is 113 Å². The number of ether oxygens (including phenoxy) is 1. The van der Waals surface area contributed by atoms with E-state index < -0.39 is 0 Å².